The Labute approximate surface area is 325 Å². The lowest BCUT2D eigenvalue weighted by Crippen LogP contribution is -2.45. The lowest BCUT2D eigenvalue weighted by atomic mass is 9.67. The summed E-state index contributed by atoms with van der Waals surface area (Å²) in [6, 6.07) is 71.7. The van der Waals surface area contributed by atoms with Crippen LogP contribution in [-0.4, -0.2) is 5.84 Å². The Morgan fingerprint density at radius 3 is 1.80 bits per heavy atom. The Morgan fingerprint density at radius 1 is 0.482 bits per heavy atom. The summed E-state index contributed by atoms with van der Waals surface area (Å²) in [5, 5.41) is 9.60. The SMILES string of the molecule is c1ccc(C2N=C(c3cccc4oc5ccc(-c6cccc7c6-c6ccccc6C7(c6ccccc6)c6ccccc6)cc5c34)NC(c3ccccc3)N2)cc1. The quantitative estimate of drug-likeness (QED) is 0.180. The van der Waals surface area contributed by atoms with E-state index in [1.165, 1.54) is 38.9 Å². The molecule has 0 saturated heterocycles. The molecular formula is C52H37N3O. The second-order valence-corrected chi connectivity index (χ2v) is 14.7. The first-order valence-electron chi connectivity index (χ1n) is 19.3. The molecule has 1 aliphatic carbocycles. The van der Waals surface area contributed by atoms with Crippen LogP contribution >= 0.6 is 0 Å². The second-order valence-electron chi connectivity index (χ2n) is 14.7. The third kappa shape index (κ3) is 5.00. The van der Waals surface area contributed by atoms with Crippen molar-refractivity contribution in [3.8, 4) is 22.3 Å². The summed E-state index contributed by atoms with van der Waals surface area (Å²) in [5.74, 6) is 0.829. The summed E-state index contributed by atoms with van der Waals surface area (Å²) in [5.41, 5.74) is 14.5. The molecule has 0 radical (unpaired) electrons. The topological polar surface area (TPSA) is 49.6 Å². The number of nitrogens with zero attached hydrogens (tertiary/aromatic N) is 1. The number of fused-ring (bicyclic) bond motifs is 6. The van der Waals surface area contributed by atoms with Crippen LogP contribution in [0, 0.1) is 0 Å². The van der Waals surface area contributed by atoms with E-state index in [0.717, 1.165) is 50.0 Å². The number of hydrogen-bond donors (Lipinski definition) is 2. The highest BCUT2D eigenvalue weighted by atomic mass is 16.3. The molecular weight excluding hydrogens is 683 g/mol. The first-order chi connectivity index (χ1) is 27.8. The van der Waals surface area contributed by atoms with Gasteiger partial charge in [0.25, 0.3) is 0 Å². The molecule has 0 bridgehead atoms. The molecule has 0 spiro atoms. The van der Waals surface area contributed by atoms with Crippen molar-refractivity contribution in [2.75, 3.05) is 0 Å². The molecule has 266 valence electrons. The van der Waals surface area contributed by atoms with Crippen molar-refractivity contribution < 1.29 is 4.42 Å². The maximum absolute atomic E-state index is 6.60. The predicted octanol–water partition coefficient (Wildman–Crippen LogP) is 12.0. The highest BCUT2D eigenvalue weighted by molar-refractivity contribution is 6.18. The van der Waals surface area contributed by atoms with Gasteiger partial charge in [-0.2, -0.15) is 0 Å². The molecule has 1 aliphatic heterocycles. The van der Waals surface area contributed by atoms with Gasteiger partial charge in [0.05, 0.1) is 5.41 Å². The summed E-state index contributed by atoms with van der Waals surface area (Å²) in [6.07, 6.45) is -0.373. The molecule has 11 rings (SSSR count). The van der Waals surface area contributed by atoms with E-state index >= 15 is 0 Å². The fraction of sp³-hybridized carbons (Fsp3) is 0.0577. The van der Waals surface area contributed by atoms with Crippen LogP contribution in [-0.2, 0) is 5.41 Å². The number of rotatable bonds is 6. The molecule has 2 aliphatic rings. The van der Waals surface area contributed by atoms with Gasteiger partial charge in [-0.05, 0) is 73.8 Å². The molecule has 2 atom stereocenters. The molecule has 4 heteroatoms. The van der Waals surface area contributed by atoms with Crippen LogP contribution in [0.4, 0.5) is 0 Å². The Morgan fingerprint density at radius 2 is 1.07 bits per heavy atom. The molecule has 0 fully saturated rings. The third-order valence-corrected chi connectivity index (χ3v) is 11.7. The Hall–Kier alpha value is -7.01. The molecule has 1 aromatic heterocycles. The van der Waals surface area contributed by atoms with Gasteiger partial charge in [0.15, 0.2) is 0 Å². The molecule has 2 N–H and O–H groups in total. The summed E-state index contributed by atoms with van der Waals surface area (Å²) in [6.45, 7) is 0. The van der Waals surface area contributed by atoms with Crippen molar-refractivity contribution in [3.05, 3.63) is 239 Å². The maximum atomic E-state index is 6.60. The van der Waals surface area contributed by atoms with Crippen molar-refractivity contribution in [1.29, 1.82) is 0 Å². The lowest BCUT2D eigenvalue weighted by Gasteiger charge is -2.34. The highest BCUT2D eigenvalue weighted by Gasteiger charge is 2.46. The fourth-order valence-electron chi connectivity index (χ4n) is 9.24. The van der Waals surface area contributed by atoms with Crippen molar-refractivity contribution in [1.82, 2.24) is 10.6 Å². The predicted molar refractivity (Wildman–Crippen MR) is 228 cm³/mol. The zero-order valence-electron chi connectivity index (χ0n) is 30.6. The molecule has 9 aromatic rings. The molecule has 4 nitrogen and oxygen atoms in total. The van der Waals surface area contributed by atoms with Gasteiger partial charge >= 0.3 is 0 Å². The highest BCUT2D eigenvalue weighted by Crippen LogP contribution is 2.58. The second kappa shape index (κ2) is 13.1. The van der Waals surface area contributed by atoms with E-state index < -0.39 is 5.41 Å². The van der Waals surface area contributed by atoms with Crippen LogP contribution in [0.15, 0.2) is 210 Å². The zero-order chi connectivity index (χ0) is 37.1. The van der Waals surface area contributed by atoms with Crippen LogP contribution in [0.1, 0.15) is 51.3 Å². The number of nitrogens with one attached hydrogen (secondary N) is 2. The minimum absolute atomic E-state index is 0.139. The lowest BCUT2D eigenvalue weighted by molar-refractivity contribution is 0.409. The van der Waals surface area contributed by atoms with Gasteiger partial charge in [-0.3, -0.25) is 5.32 Å². The van der Waals surface area contributed by atoms with Gasteiger partial charge in [-0.25, -0.2) is 4.99 Å². The first kappa shape index (κ1) is 32.4. The van der Waals surface area contributed by atoms with Gasteiger partial charge < -0.3 is 9.73 Å². The molecule has 2 heterocycles. The van der Waals surface area contributed by atoms with Crippen LogP contribution in [0.3, 0.4) is 0 Å². The Bertz CT molecular complexity index is 2880. The van der Waals surface area contributed by atoms with Crippen LogP contribution in [0.25, 0.3) is 44.2 Å². The summed E-state index contributed by atoms with van der Waals surface area (Å²) < 4.78 is 6.60. The number of furan rings is 1. The van der Waals surface area contributed by atoms with Crippen molar-refractivity contribution in [2.45, 2.75) is 17.7 Å². The van der Waals surface area contributed by atoms with Crippen LogP contribution in [0.5, 0.6) is 0 Å². The zero-order valence-corrected chi connectivity index (χ0v) is 30.6. The maximum Gasteiger partial charge on any atom is 0.136 e. The van der Waals surface area contributed by atoms with Crippen molar-refractivity contribution >= 4 is 27.8 Å². The largest absolute Gasteiger partial charge is 0.456 e. The number of benzene rings is 8. The van der Waals surface area contributed by atoms with Gasteiger partial charge in [-0.1, -0.05) is 182 Å². The van der Waals surface area contributed by atoms with E-state index in [-0.39, 0.29) is 12.3 Å². The average Bonchev–Trinajstić information content (AvgIpc) is 3.81. The minimum Gasteiger partial charge on any atom is -0.456 e. The van der Waals surface area contributed by atoms with Crippen molar-refractivity contribution in [2.24, 2.45) is 4.99 Å². The van der Waals surface area contributed by atoms with Gasteiger partial charge in [0.2, 0.25) is 0 Å². The number of aliphatic imine (C=N–C) groups is 1. The molecule has 2 unspecified atom stereocenters. The van der Waals surface area contributed by atoms with E-state index in [4.69, 9.17) is 9.41 Å². The van der Waals surface area contributed by atoms with Crippen LogP contribution in [0.2, 0.25) is 0 Å². The summed E-state index contributed by atoms with van der Waals surface area (Å²) in [7, 11) is 0. The first-order valence-corrected chi connectivity index (χ1v) is 19.3. The summed E-state index contributed by atoms with van der Waals surface area (Å²) >= 11 is 0. The fourth-order valence-corrected chi connectivity index (χ4v) is 9.24. The minimum atomic E-state index is -0.465. The van der Waals surface area contributed by atoms with E-state index in [0.29, 0.717) is 0 Å². The normalized spacial score (nSPS) is 16.9. The van der Waals surface area contributed by atoms with E-state index in [1.54, 1.807) is 0 Å². The van der Waals surface area contributed by atoms with Gasteiger partial charge in [-0.15, -0.1) is 0 Å². The van der Waals surface area contributed by atoms with Crippen LogP contribution < -0.4 is 10.6 Å². The Balaban J connectivity index is 1.11. The van der Waals surface area contributed by atoms with Gasteiger partial charge in [0, 0.05) is 16.3 Å². The molecule has 56 heavy (non-hydrogen) atoms. The monoisotopic (exact) mass is 719 g/mol. The smallest absolute Gasteiger partial charge is 0.136 e. The third-order valence-electron chi connectivity index (χ3n) is 11.7. The molecule has 8 aromatic carbocycles. The van der Waals surface area contributed by atoms with Gasteiger partial charge in [0.1, 0.15) is 29.3 Å². The average molecular weight is 720 g/mol. The Kier molecular flexibility index (Phi) is 7.58. The van der Waals surface area contributed by atoms with E-state index in [2.05, 4.69) is 205 Å². The van der Waals surface area contributed by atoms with E-state index in [1.807, 2.05) is 6.07 Å². The number of amidine groups is 1. The summed E-state index contributed by atoms with van der Waals surface area (Å²) in [4.78, 5) is 5.31. The molecule has 0 saturated carbocycles. The number of hydrogen-bond acceptors (Lipinski definition) is 4. The van der Waals surface area contributed by atoms with Crippen molar-refractivity contribution in [3.63, 3.8) is 0 Å². The van der Waals surface area contributed by atoms with E-state index in [9.17, 15) is 0 Å². The molecule has 0 amide bonds. The standard InChI is InChI=1S/C52H37N3O/c1-5-17-34(18-6-1)49-53-50(35-19-7-2-8-20-35)55-51(54-49)41-27-16-30-46-48(41)42-33-36(31-32-45(42)56-46)39-26-15-29-44-47(39)40-25-13-14-28-43(40)52(44,37-21-9-3-10-22-37)38-23-11-4-12-24-38/h1-33,49-50,53H,(H,54,55).